The number of amides is 1. The fourth-order valence-electron chi connectivity index (χ4n) is 1.91. The van der Waals surface area contributed by atoms with E-state index in [1.807, 2.05) is 27.7 Å². The largest absolute Gasteiger partial charge is 0.495 e. The van der Waals surface area contributed by atoms with Gasteiger partial charge in [-0.1, -0.05) is 0 Å². The molecule has 0 saturated carbocycles. The first-order valence-electron chi connectivity index (χ1n) is 6.30. The third kappa shape index (κ3) is 2.38. The number of carbonyl (C=O) groups is 1. The molecule has 1 aliphatic rings. The standard InChI is InChI=1S/C13H19BN2O3/c1-12(2)13(3,4)19-14(18-12)10-6-7-16-8-9(10)11(17)15-5/h6-8H,1-5H3,(H,15,17). The minimum atomic E-state index is -0.555. The Morgan fingerprint density at radius 3 is 2.37 bits per heavy atom. The lowest BCUT2D eigenvalue weighted by atomic mass is 9.76. The van der Waals surface area contributed by atoms with Gasteiger partial charge in [0.05, 0.1) is 16.8 Å². The molecule has 0 spiro atoms. The fourth-order valence-corrected chi connectivity index (χ4v) is 1.91. The highest BCUT2D eigenvalue weighted by Gasteiger charge is 2.52. The van der Waals surface area contributed by atoms with Crippen LogP contribution < -0.4 is 10.8 Å². The van der Waals surface area contributed by atoms with Gasteiger partial charge in [-0.15, -0.1) is 0 Å². The molecule has 2 heterocycles. The van der Waals surface area contributed by atoms with E-state index < -0.39 is 18.3 Å². The van der Waals surface area contributed by atoms with E-state index >= 15 is 0 Å². The van der Waals surface area contributed by atoms with Crippen LogP contribution in [0.1, 0.15) is 38.1 Å². The number of nitrogens with zero attached hydrogens (tertiary/aromatic N) is 1. The molecule has 1 saturated heterocycles. The molecular weight excluding hydrogens is 243 g/mol. The van der Waals surface area contributed by atoms with Crippen molar-refractivity contribution in [2.45, 2.75) is 38.9 Å². The Bertz CT molecular complexity index is 486. The maximum atomic E-state index is 11.9. The second-order valence-corrected chi connectivity index (χ2v) is 5.63. The fraction of sp³-hybridized carbons (Fsp3) is 0.538. The lowest BCUT2D eigenvalue weighted by Crippen LogP contribution is -2.41. The average Bonchev–Trinajstić information content (AvgIpc) is 2.57. The predicted molar refractivity (Wildman–Crippen MR) is 73.3 cm³/mol. The highest BCUT2D eigenvalue weighted by Crippen LogP contribution is 2.36. The summed E-state index contributed by atoms with van der Waals surface area (Å²) in [5, 5.41) is 2.60. The summed E-state index contributed by atoms with van der Waals surface area (Å²) < 4.78 is 11.9. The van der Waals surface area contributed by atoms with Crippen LogP contribution in [-0.2, 0) is 9.31 Å². The molecule has 102 valence electrons. The summed E-state index contributed by atoms with van der Waals surface area (Å²) in [7, 11) is 1.03. The van der Waals surface area contributed by atoms with Crippen molar-refractivity contribution in [3.8, 4) is 0 Å². The Morgan fingerprint density at radius 1 is 1.26 bits per heavy atom. The van der Waals surface area contributed by atoms with Crippen LogP contribution >= 0.6 is 0 Å². The van der Waals surface area contributed by atoms with Crippen LogP contribution in [0.3, 0.4) is 0 Å². The molecule has 1 amide bonds. The summed E-state index contributed by atoms with van der Waals surface area (Å²) in [6.07, 6.45) is 3.16. The average molecular weight is 262 g/mol. The third-order valence-corrected chi connectivity index (χ3v) is 3.83. The van der Waals surface area contributed by atoms with E-state index in [2.05, 4.69) is 10.3 Å². The maximum absolute atomic E-state index is 11.9. The van der Waals surface area contributed by atoms with Gasteiger partial charge >= 0.3 is 7.12 Å². The van der Waals surface area contributed by atoms with Crippen molar-refractivity contribution in [3.05, 3.63) is 24.0 Å². The highest BCUT2D eigenvalue weighted by molar-refractivity contribution is 6.63. The van der Waals surface area contributed by atoms with Gasteiger partial charge in [-0.25, -0.2) is 0 Å². The van der Waals surface area contributed by atoms with E-state index in [1.165, 1.54) is 6.20 Å². The summed E-state index contributed by atoms with van der Waals surface area (Å²) in [5.74, 6) is -0.196. The number of hydrogen-bond acceptors (Lipinski definition) is 4. The van der Waals surface area contributed by atoms with Gasteiger partial charge < -0.3 is 14.6 Å². The molecular formula is C13H19BN2O3. The van der Waals surface area contributed by atoms with Gasteiger partial charge in [0.1, 0.15) is 0 Å². The lowest BCUT2D eigenvalue weighted by Gasteiger charge is -2.32. The number of hydrogen-bond donors (Lipinski definition) is 1. The van der Waals surface area contributed by atoms with Crippen molar-refractivity contribution >= 4 is 18.5 Å². The van der Waals surface area contributed by atoms with Crippen LogP contribution in [0.25, 0.3) is 0 Å². The molecule has 5 nitrogen and oxygen atoms in total. The molecule has 0 unspecified atom stereocenters. The van der Waals surface area contributed by atoms with Crippen LogP contribution in [0.2, 0.25) is 0 Å². The molecule has 1 aromatic heterocycles. The Kier molecular flexibility index (Phi) is 3.41. The smallest absolute Gasteiger partial charge is 0.399 e. The Balaban J connectivity index is 2.37. The molecule has 6 heteroatoms. The second kappa shape index (κ2) is 4.61. The normalized spacial score (nSPS) is 20.4. The van der Waals surface area contributed by atoms with E-state index in [-0.39, 0.29) is 5.91 Å². The first-order valence-corrected chi connectivity index (χ1v) is 6.30. The van der Waals surface area contributed by atoms with Crippen molar-refractivity contribution < 1.29 is 14.1 Å². The zero-order chi connectivity index (χ0) is 14.3. The minimum Gasteiger partial charge on any atom is -0.399 e. The summed E-state index contributed by atoms with van der Waals surface area (Å²) >= 11 is 0. The molecule has 0 aliphatic carbocycles. The summed E-state index contributed by atoms with van der Waals surface area (Å²) in [6.45, 7) is 7.92. The molecule has 1 aromatic rings. The predicted octanol–water partition coefficient (Wildman–Crippen LogP) is 0.740. The number of pyridine rings is 1. The van der Waals surface area contributed by atoms with Crippen molar-refractivity contribution in [1.82, 2.24) is 10.3 Å². The van der Waals surface area contributed by atoms with Crippen molar-refractivity contribution in [2.75, 3.05) is 7.05 Å². The minimum absolute atomic E-state index is 0.196. The van der Waals surface area contributed by atoms with E-state index in [9.17, 15) is 4.79 Å². The van der Waals surface area contributed by atoms with Gasteiger partial charge in [0.15, 0.2) is 0 Å². The number of rotatable bonds is 2. The molecule has 1 aliphatic heterocycles. The molecule has 1 N–H and O–H groups in total. The van der Waals surface area contributed by atoms with Crippen molar-refractivity contribution in [1.29, 1.82) is 0 Å². The van der Waals surface area contributed by atoms with Crippen molar-refractivity contribution in [3.63, 3.8) is 0 Å². The van der Waals surface area contributed by atoms with Crippen LogP contribution in [0.5, 0.6) is 0 Å². The van der Waals surface area contributed by atoms with Gasteiger partial charge in [-0.05, 0) is 39.2 Å². The van der Waals surface area contributed by atoms with Crippen LogP contribution in [0.15, 0.2) is 18.5 Å². The third-order valence-electron chi connectivity index (χ3n) is 3.83. The SMILES string of the molecule is CNC(=O)c1cnccc1B1OC(C)(C)C(C)(C)O1. The van der Waals surface area contributed by atoms with Crippen LogP contribution in [-0.4, -0.2) is 36.3 Å². The Labute approximate surface area is 113 Å². The first kappa shape index (κ1) is 14.0. The van der Waals surface area contributed by atoms with Gasteiger partial charge in [0.25, 0.3) is 5.91 Å². The topological polar surface area (TPSA) is 60.5 Å². The molecule has 19 heavy (non-hydrogen) atoms. The van der Waals surface area contributed by atoms with E-state index in [4.69, 9.17) is 9.31 Å². The van der Waals surface area contributed by atoms with Crippen molar-refractivity contribution in [2.24, 2.45) is 0 Å². The lowest BCUT2D eigenvalue weighted by molar-refractivity contribution is 0.00578. The van der Waals surface area contributed by atoms with Gasteiger partial charge in [0, 0.05) is 19.4 Å². The Hall–Kier alpha value is -1.40. The zero-order valence-corrected chi connectivity index (χ0v) is 12.0. The number of carbonyl (C=O) groups excluding carboxylic acids is 1. The molecule has 0 aromatic carbocycles. The molecule has 0 radical (unpaired) electrons. The second-order valence-electron chi connectivity index (χ2n) is 5.63. The monoisotopic (exact) mass is 262 g/mol. The van der Waals surface area contributed by atoms with Crippen LogP contribution in [0.4, 0.5) is 0 Å². The van der Waals surface area contributed by atoms with E-state index in [0.717, 1.165) is 0 Å². The summed E-state index contributed by atoms with van der Waals surface area (Å²) in [5.41, 5.74) is 0.318. The zero-order valence-electron chi connectivity index (χ0n) is 12.0. The Morgan fingerprint density at radius 2 is 1.84 bits per heavy atom. The van der Waals surface area contributed by atoms with Crippen LogP contribution in [0, 0.1) is 0 Å². The first-order chi connectivity index (χ1) is 8.78. The van der Waals surface area contributed by atoms with Gasteiger partial charge in [0.2, 0.25) is 0 Å². The summed E-state index contributed by atoms with van der Waals surface area (Å²) in [6, 6.07) is 1.76. The molecule has 0 atom stereocenters. The highest BCUT2D eigenvalue weighted by atomic mass is 16.7. The summed E-state index contributed by atoms with van der Waals surface area (Å²) in [4.78, 5) is 15.8. The number of aromatic nitrogens is 1. The maximum Gasteiger partial charge on any atom is 0.495 e. The van der Waals surface area contributed by atoms with Gasteiger partial charge in [-0.3, -0.25) is 9.78 Å². The van der Waals surface area contributed by atoms with Gasteiger partial charge in [-0.2, -0.15) is 0 Å². The quantitative estimate of drug-likeness (QED) is 0.798. The number of nitrogens with one attached hydrogen (secondary N) is 1. The van der Waals surface area contributed by atoms with E-state index in [1.54, 1.807) is 19.3 Å². The molecule has 1 fully saturated rings. The van der Waals surface area contributed by atoms with E-state index in [0.29, 0.717) is 11.0 Å². The molecule has 2 rings (SSSR count). The molecule has 0 bridgehead atoms.